The minimum atomic E-state index is 0.509. The van der Waals surface area contributed by atoms with Gasteiger partial charge in [-0.3, -0.25) is 0 Å². The summed E-state index contributed by atoms with van der Waals surface area (Å²) in [5.74, 6) is 1.75. The Morgan fingerprint density at radius 3 is 2.30 bits per heavy atom. The van der Waals surface area contributed by atoms with Crippen molar-refractivity contribution in [3.8, 4) is 0 Å². The van der Waals surface area contributed by atoms with E-state index in [0.29, 0.717) is 6.04 Å². The fraction of sp³-hybridized carbons (Fsp3) is 1.00. The van der Waals surface area contributed by atoms with E-state index in [1.165, 1.54) is 25.7 Å². The summed E-state index contributed by atoms with van der Waals surface area (Å²) in [6.45, 7) is 4.55. The Labute approximate surface area is 64.0 Å². The van der Waals surface area contributed by atoms with Crippen molar-refractivity contribution in [2.24, 2.45) is 17.6 Å². The third-order valence-corrected chi connectivity index (χ3v) is 3.02. The van der Waals surface area contributed by atoms with Crippen LogP contribution in [0.25, 0.3) is 0 Å². The number of rotatable bonds is 2. The van der Waals surface area contributed by atoms with Gasteiger partial charge in [-0.05, 0) is 24.7 Å². The zero-order valence-electron chi connectivity index (χ0n) is 7.14. The van der Waals surface area contributed by atoms with Crippen LogP contribution in [-0.4, -0.2) is 6.04 Å². The molecule has 0 radical (unpaired) electrons. The van der Waals surface area contributed by atoms with Crippen molar-refractivity contribution in [2.75, 3.05) is 0 Å². The summed E-state index contributed by atoms with van der Waals surface area (Å²) in [5.41, 5.74) is 5.96. The molecule has 0 spiro atoms. The standard InChI is InChI=1S/C9H19N/c1-3-7-5-6-9(10)8(7)4-2/h7-9H,3-6,10H2,1-2H3/t7-,8-,9+/m0/s1. The fourth-order valence-corrected chi connectivity index (χ4v) is 2.33. The first kappa shape index (κ1) is 8.06. The molecule has 0 amide bonds. The van der Waals surface area contributed by atoms with Crippen molar-refractivity contribution in [2.45, 2.75) is 45.6 Å². The zero-order valence-corrected chi connectivity index (χ0v) is 7.14. The van der Waals surface area contributed by atoms with Crippen molar-refractivity contribution in [1.29, 1.82) is 0 Å². The van der Waals surface area contributed by atoms with Crippen LogP contribution in [0.1, 0.15) is 39.5 Å². The van der Waals surface area contributed by atoms with Gasteiger partial charge in [0.05, 0.1) is 0 Å². The van der Waals surface area contributed by atoms with Gasteiger partial charge in [0.2, 0.25) is 0 Å². The Kier molecular flexibility index (Phi) is 2.72. The van der Waals surface area contributed by atoms with Crippen LogP contribution in [0, 0.1) is 11.8 Å². The molecule has 0 saturated heterocycles. The third-order valence-electron chi connectivity index (χ3n) is 3.02. The molecule has 0 aromatic heterocycles. The highest BCUT2D eigenvalue weighted by atomic mass is 14.7. The Morgan fingerprint density at radius 1 is 1.20 bits per heavy atom. The maximum Gasteiger partial charge on any atom is 0.00698 e. The Morgan fingerprint density at radius 2 is 1.90 bits per heavy atom. The minimum Gasteiger partial charge on any atom is -0.327 e. The molecule has 1 aliphatic rings. The molecule has 0 heterocycles. The summed E-state index contributed by atoms with van der Waals surface area (Å²) in [6.07, 6.45) is 5.24. The van der Waals surface area contributed by atoms with Crippen molar-refractivity contribution in [3.63, 3.8) is 0 Å². The lowest BCUT2D eigenvalue weighted by molar-refractivity contribution is 0.342. The Hall–Kier alpha value is -0.0400. The van der Waals surface area contributed by atoms with Gasteiger partial charge in [0.1, 0.15) is 0 Å². The molecular weight excluding hydrogens is 122 g/mol. The molecule has 3 atom stereocenters. The molecule has 0 aliphatic heterocycles. The van der Waals surface area contributed by atoms with Crippen LogP contribution in [-0.2, 0) is 0 Å². The number of hydrogen-bond donors (Lipinski definition) is 1. The van der Waals surface area contributed by atoms with Crippen LogP contribution in [0.3, 0.4) is 0 Å². The molecule has 1 saturated carbocycles. The van der Waals surface area contributed by atoms with E-state index in [4.69, 9.17) is 5.73 Å². The van der Waals surface area contributed by atoms with E-state index in [0.717, 1.165) is 11.8 Å². The van der Waals surface area contributed by atoms with Gasteiger partial charge in [-0.25, -0.2) is 0 Å². The molecule has 60 valence electrons. The average Bonchev–Trinajstić information content (AvgIpc) is 2.30. The van der Waals surface area contributed by atoms with Gasteiger partial charge in [0.15, 0.2) is 0 Å². The van der Waals surface area contributed by atoms with E-state index >= 15 is 0 Å². The fourth-order valence-electron chi connectivity index (χ4n) is 2.33. The maximum absolute atomic E-state index is 5.96. The number of nitrogens with two attached hydrogens (primary N) is 1. The molecule has 0 bridgehead atoms. The minimum absolute atomic E-state index is 0.509. The van der Waals surface area contributed by atoms with Crippen molar-refractivity contribution in [1.82, 2.24) is 0 Å². The van der Waals surface area contributed by atoms with E-state index in [2.05, 4.69) is 13.8 Å². The number of hydrogen-bond acceptors (Lipinski definition) is 1. The SMILES string of the molecule is CC[C@H]1CC[C@@H](N)[C@H]1CC. The zero-order chi connectivity index (χ0) is 7.56. The lowest BCUT2D eigenvalue weighted by atomic mass is 9.90. The summed E-state index contributed by atoms with van der Waals surface area (Å²) in [7, 11) is 0. The van der Waals surface area contributed by atoms with Gasteiger partial charge in [0, 0.05) is 6.04 Å². The van der Waals surface area contributed by atoms with Gasteiger partial charge in [-0.2, -0.15) is 0 Å². The molecular formula is C9H19N. The molecule has 1 nitrogen and oxygen atoms in total. The van der Waals surface area contributed by atoms with Crippen molar-refractivity contribution >= 4 is 0 Å². The van der Waals surface area contributed by atoms with Crippen molar-refractivity contribution < 1.29 is 0 Å². The highest BCUT2D eigenvalue weighted by Crippen LogP contribution is 2.34. The lowest BCUT2D eigenvalue weighted by Gasteiger charge is -2.19. The second-order valence-electron chi connectivity index (χ2n) is 3.48. The third kappa shape index (κ3) is 1.34. The van der Waals surface area contributed by atoms with Crippen LogP contribution < -0.4 is 5.73 Å². The topological polar surface area (TPSA) is 26.0 Å². The molecule has 1 fully saturated rings. The molecule has 1 aliphatic carbocycles. The molecule has 10 heavy (non-hydrogen) atoms. The van der Waals surface area contributed by atoms with Gasteiger partial charge in [-0.15, -0.1) is 0 Å². The second kappa shape index (κ2) is 3.38. The second-order valence-corrected chi connectivity index (χ2v) is 3.48. The van der Waals surface area contributed by atoms with Gasteiger partial charge < -0.3 is 5.73 Å². The van der Waals surface area contributed by atoms with Crippen molar-refractivity contribution in [3.05, 3.63) is 0 Å². The molecule has 2 N–H and O–H groups in total. The van der Waals surface area contributed by atoms with E-state index in [-0.39, 0.29) is 0 Å². The predicted octanol–water partition coefficient (Wildman–Crippen LogP) is 2.16. The lowest BCUT2D eigenvalue weighted by Crippen LogP contribution is -2.26. The summed E-state index contributed by atoms with van der Waals surface area (Å²) in [4.78, 5) is 0. The molecule has 0 aromatic rings. The Bertz CT molecular complexity index is 101. The summed E-state index contributed by atoms with van der Waals surface area (Å²) in [6, 6.07) is 0.509. The van der Waals surface area contributed by atoms with Gasteiger partial charge >= 0.3 is 0 Å². The average molecular weight is 141 g/mol. The normalized spacial score (nSPS) is 40.5. The first-order chi connectivity index (χ1) is 4.79. The smallest absolute Gasteiger partial charge is 0.00698 e. The first-order valence-electron chi connectivity index (χ1n) is 4.55. The first-order valence-corrected chi connectivity index (χ1v) is 4.55. The molecule has 1 rings (SSSR count). The summed E-state index contributed by atoms with van der Waals surface area (Å²) in [5, 5.41) is 0. The van der Waals surface area contributed by atoms with E-state index in [9.17, 15) is 0 Å². The van der Waals surface area contributed by atoms with Crippen LogP contribution in [0.2, 0.25) is 0 Å². The van der Waals surface area contributed by atoms with E-state index in [1.54, 1.807) is 0 Å². The highest BCUT2D eigenvalue weighted by molar-refractivity contribution is 4.85. The van der Waals surface area contributed by atoms with E-state index < -0.39 is 0 Å². The summed E-state index contributed by atoms with van der Waals surface area (Å²) >= 11 is 0. The molecule has 0 unspecified atom stereocenters. The van der Waals surface area contributed by atoms with Crippen LogP contribution in [0.5, 0.6) is 0 Å². The maximum atomic E-state index is 5.96. The van der Waals surface area contributed by atoms with Crippen LogP contribution >= 0.6 is 0 Å². The molecule has 0 aromatic carbocycles. The van der Waals surface area contributed by atoms with Crippen LogP contribution in [0.4, 0.5) is 0 Å². The quantitative estimate of drug-likeness (QED) is 0.626. The van der Waals surface area contributed by atoms with Gasteiger partial charge in [-0.1, -0.05) is 26.7 Å². The van der Waals surface area contributed by atoms with E-state index in [1.807, 2.05) is 0 Å². The summed E-state index contributed by atoms with van der Waals surface area (Å²) < 4.78 is 0. The Balaban J connectivity index is 2.45. The van der Waals surface area contributed by atoms with Crippen LogP contribution in [0.15, 0.2) is 0 Å². The monoisotopic (exact) mass is 141 g/mol. The largest absolute Gasteiger partial charge is 0.327 e. The predicted molar refractivity (Wildman–Crippen MR) is 44.8 cm³/mol. The van der Waals surface area contributed by atoms with Gasteiger partial charge in [0.25, 0.3) is 0 Å². The molecule has 1 heteroatoms. The highest BCUT2D eigenvalue weighted by Gasteiger charge is 2.30.